The van der Waals surface area contributed by atoms with Gasteiger partial charge in [0, 0.05) is 24.2 Å². The molecule has 0 radical (unpaired) electrons. The van der Waals surface area contributed by atoms with E-state index in [1.165, 1.54) is 0 Å². The van der Waals surface area contributed by atoms with Crippen LogP contribution in [0.4, 0.5) is 0 Å². The first kappa shape index (κ1) is 18.4. The zero-order valence-corrected chi connectivity index (χ0v) is 16.1. The van der Waals surface area contributed by atoms with Crippen molar-refractivity contribution in [2.75, 3.05) is 13.1 Å². The summed E-state index contributed by atoms with van der Waals surface area (Å²) < 4.78 is 0. The van der Waals surface area contributed by atoms with Crippen molar-refractivity contribution in [3.05, 3.63) is 58.5 Å². The van der Waals surface area contributed by atoms with Crippen molar-refractivity contribution in [3.63, 3.8) is 0 Å². The number of rotatable bonds is 5. The third-order valence-electron chi connectivity index (χ3n) is 4.83. The predicted molar refractivity (Wildman–Crippen MR) is 107 cm³/mol. The standard InChI is InChI=1S/C20H21N5O2S/c26-19(22-12-15-6-4-10-28-15)14-5-3-9-25(13-14)20(27)18-11-17(23-24-18)16-7-1-2-8-21-16/h1-2,4,6-8,10-11,14H,3,5,9,12-13H2,(H,22,26)(H,23,24)/t14-/m1/s1. The molecule has 0 aromatic carbocycles. The van der Waals surface area contributed by atoms with E-state index < -0.39 is 0 Å². The molecule has 0 saturated carbocycles. The van der Waals surface area contributed by atoms with Gasteiger partial charge in [-0.2, -0.15) is 5.10 Å². The van der Waals surface area contributed by atoms with E-state index in [0.717, 1.165) is 17.7 Å². The lowest BCUT2D eigenvalue weighted by Crippen LogP contribution is -2.45. The Morgan fingerprint density at radius 1 is 1.25 bits per heavy atom. The maximum atomic E-state index is 12.9. The molecule has 3 aromatic rings. The van der Waals surface area contributed by atoms with Gasteiger partial charge in [0.2, 0.25) is 5.91 Å². The van der Waals surface area contributed by atoms with Crippen LogP contribution in [0.1, 0.15) is 28.2 Å². The van der Waals surface area contributed by atoms with E-state index in [1.54, 1.807) is 28.5 Å². The summed E-state index contributed by atoms with van der Waals surface area (Å²) >= 11 is 1.62. The first-order valence-electron chi connectivity index (χ1n) is 9.27. The van der Waals surface area contributed by atoms with Crippen LogP contribution in [0, 0.1) is 5.92 Å². The normalized spacial score (nSPS) is 16.7. The monoisotopic (exact) mass is 395 g/mol. The SMILES string of the molecule is O=C(NCc1cccs1)[C@@H]1CCCN(C(=O)c2cc(-c3ccccn3)n[nH]2)C1. The van der Waals surface area contributed by atoms with Crippen molar-refractivity contribution in [1.82, 2.24) is 25.4 Å². The highest BCUT2D eigenvalue weighted by molar-refractivity contribution is 7.09. The minimum Gasteiger partial charge on any atom is -0.351 e. The molecule has 28 heavy (non-hydrogen) atoms. The summed E-state index contributed by atoms with van der Waals surface area (Å²) in [6.07, 6.45) is 3.29. The average Bonchev–Trinajstić information content (AvgIpc) is 3.44. The van der Waals surface area contributed by atoms with Crippen LogP contribution in [0.25, 0.3) is 11.4 Å². The smallest absolute Gasteiger partial charge is 0.271 e. The summed E-state index contributed by atoms with van der Waals surface area (Å²) in [5.74, 6) is -0.314. The van der Waals surface area contributed by atoms with Crippen LogP contribution >= 0.6 is 11.3 Å². The van der Waals surface area contributed by atoms with Crippen LogP contribution < -0.4 is 5.32 Å². The van der Waals surface area contributed by atoms with Crippen LogP contribution in [0.15, 0.2) is 48.0 Å². The lowest BCUT2D eigenvalue weighted by Gasteiger charge is -2.31. The van der Waals surface area contributed by atoms with E-state index in [4.69, 9.17) is 0 Å². The van der Waals surface area contributed by atoms with Crippen molar-refractivity contribution < 1.29 is 9.59 Å². The highest BCUT2D eigenvalue weighted by Gasteiger charge is 2.29. The number of nitrogens with one attached hydrogen (secondary N) is 2. The van der Waals surface area contributed by atoms with E-state index in [-0.39, 0.29) is 17.7 Å². The van der Waals surface area contributed by atoms with Gasteiger partial charge in [-0.1, -0.05) is 12.1 Å². The Morgan fingerprint density at radius 2 is 2.18 bits per heavy atom. The van der Waals surface area contributed by atoms with Gasteiger partial charge in [-0.15, -0.1) is 11.3 Å². The van der Waals surface area contributed by atoms with Gasteiger partial charge in [-0.25, -0.2) is 0 Å². The van der Waals surface area contributed by atoms with Crippen LogP contribution in [-0.4, -0.2) is 45.0 Å². The molecule has 0 spiro atoms. The maximum absolute atomic E-state index is 12.9. The van der Waals surface area contributed by atoms with Gasteiger partial charge in [0.25, 0.3) is 5.91 Å². The number of hydrogen-bond acceptors (Lipinski definition) is 5. The van der Waals surface area contributed by atoms with Gasteiger partial charge >= 0.3 is 0 Å². The van der Waals surface area contributed by atoms with Crippen LogP contribution in [-0.2, 0) is 11.3 Å². The Morgan fingerprint density at radius 3 is 2.96 bits per heavy atom. The van der Waals surface area contributed by atoms with Crippen molar-refractivity contribution in [1.29, 1.82) is 0 Å². The molecule has 4 rings (SSSR count). The van der Waals surface area contributed by atoms with Gasteiger partial charge in [-0.05, 0) is 42.5 Å². The summed E-state index contributed by atoms with van der Waals surface area (Å²) in [7, 11) is 0. The first-order valence-corrected chi connectivity index (χ1v) is 10.1. The van der Waals surface area contributed by atoms with Gasteiger partial charge in [0.15, 0.2) is 0 Å². The molecule has 0 bridgehead atoms. The molecule has 1 aliphatic heterocycles. The second-order valence-corrected chi connectivity index (χ2v) is 7.80. The zero-order chi connectivity index (χ0) is 19.3. The summed E-state index contributed by atoms with van der Waals surface area (Å²) in [6, 6.07) is 11.2. The number of piperidine rings is 1. The number of pyridine rings is 1. The Kier molecular flexibility index (Phi) is 5.48. The molecular weight excluding hydrogens is 374 g/mol. The number of carbonyl (C=O) groups is 2. The number of aromatic nitrogens is 3. The summed E-state index contributed by atoms with van der Waals surface area (Å²) in [4.78, 5) is 32.5. The summed E-state index contributed by atoms with van der Waals surface area (Å²) in [6.45, 7) is 1.60. The molecule has 1 saturated heterocycles. The molecule has 144 valence electrons. The Hall–Kier alpha value is -3.00. The average molecular weight is 395 g/mol. The second kappa shape index (κ2) is 8.35. The molecule has 1 fully saturated rings. The number of amides is 2. The van der Waals surface area contributed by atoms with Gasteiger partial charge < -0.3 is 10.2 Å². The van der Waals surface area contributed by atoms with E-state index in [1.807, 2.05) is 35.7 Å². The van der Waals surface area contributed by atoms with Gasteiger partial charge in [0.1, 0.15) is 11.4 Å². The quantitative estimate of drug-likeness (QED) is 0.695. The number of thiophene rings is 1. The Bertz CT molecular complexity index is 939. The molecule has 2 N–H and O–H groups in total. The third-order valence-corrected chi connectivity index (χ3v) is 5.71. The van der Waals surface area contributed by atoms with Crippen molar-refractivity contribution in [2.24, 2.45) is 5.92 Å². The lowest BCUT2D eigenvalue weighted by atomic mass is 9.97. The fraction of sp³-hybridized carbons (Fsp3) is 0.300. The van der Waals surface area contributed by atoms with Crippen molar-refractivity contribution in [3.8, 4) is 11.4 Å². The topological polar surface area (TPSA) is 91.0 Å². The largest absolute Gasteiger partial charge is 0.351 e. The highest BCUT2D eigenvalue weighted by atomic mass is 32.1. The second-order valence-electron chi connectivity index (χ2n) is 6.77. The minimum absolute atomic E-state index is 0.00434. The summed E-state index contributed by atoms with van der Waals surface area (Å²) in [5.41, 5.74) is 1.76. The molecule has 1 atom stereocenters. The number of H-pyrrole nitrogens is 1. The number of hydrogen-bond donors (Lipinski definition) is 2. The van der Waals surface area contributed by atoms with E-state index >= 15 is 0 Å². The maximum Gasteiger partial charge on any atom is 0.271 e. The molecule has 4 heterocycles. The predicted octanol–water partition coefficient (Wildman–Crippen LogP) is 2.70. The molecule has 0 unspecified atom stereocenters. The molecule has 3 aromatic heterocycles. The van der Waals surface area contributed by atoms with Crippen LogP contribution in [0.3, 0.4) is 0 Å². The van der Waals surface area contributed by atoms with Gasteiger partial charge in [0.05, 0.1) is 18.2 Å². The Balaban J connectivity index is 1.38. The number of nitrogens with zero attached hydrogens (tertiary/aromatic N) is 3. The zero-order valence-electron chi connectivity index (χ0n) is 15.3. The van der Waals surface area contributed by atoms with Crippen molar-refractivity contribution >= 4 is 23.2 Å². The van der Waals surface area contributed by atoms with Crippen molar-refractivity contribution in [2.45, 2.75) is 19.4 Å². The molecule has 2 amide bonds. The highest BCUT2D eigenvalue weighted by Crippen LogP contribution is 2.21. The molecule has 0 aliphatic carbocycles. The summed E-state index contributed by atoms with van der Waals surface area (Å²) in [5, 5.41) is 12.0. The fourth-order valence-corrected chi connectivity index (χ4v) is 4.00. The molecule has 7 nitrogen and oxygen atoms in total. The van der Waals surface area contributed by atoms with E-state index in [2.05, 4.69) is 20.5 Å². The Labute approximate surface area is 166 Å². The molecular formula is C20H21N5O2S. The van der Waals surface area contributed by atoms with E-state index in [9.17, 15) is 9.59 Å². The molecule has 8 heteroatoms. The lowest BCUT2D eigenvalue weighted by molar-refractivity contribution is -0.126. The van der Waals surface area contributed by atoms with E-state index in [0.29, 0.717) is 36.7 Å². The minimum atomic E-state index is -0.184. The molecule has 1 aliphatic rings. The van der Waals surface area contributed by atoms with Crippen LogP contribution in [0.2, 0.25) is 0 Å². The third kappa shape index (κ3) is 4.12. The number of carbonyl (C=O) groups excluding carboxylic acids is 2. The fourth-order valence-electron chi connectivity index (χ4n) is 3.35. The number of aromatic amines is 1. The van der Waals surface area contributed by atoms with Gasteiger partial charge in [-0.3, -0.25) is 19.7 Å². The first-order chi connectivity index (χ1) is 13.7. The van der Waals surface area contributed by atoms with Crippen LogP contribution in [0.5, 0.6) is 0 Å². The number of likely N-dealkylation sites (tertiary alicyclic amines) is 1.